The average molecular weight is 511 g/mol. The van der Waals surface area contributed by atoms with Gasteiger partial charge in [-0.1, -0.05) is 34.8 Å². The van der Waals surface area contributed by atoms with Crippen LogP contribution in [0.25, 0.3) is 0 Å². The van der Waals surface area contributed by atoms with Gasteiger partial charge >= 0.3 is 0 Å². The van der Waals surface area contributed by atoms with E-state index in [1.165, 1.54) is 31.2 Å². The summed E-state index contributed by atoms with van der Waals surface area (Å²) in [5.74, 6) is 0. The number of halogens is 1. The second-order valence-electron chi connectivity index (χ2n) is 8.77. The molecule has 1 saturated carbocycles. The van der Waals surface area contributed by atoms with Gasteiger partial charge in [-0.3, -0.25) is 0 Å². The van der Waals surface area contributed by atoms with Gasteiger partial charge in [-0.25, -0.2) is 0 Å². The summed E-state index contributed by atoms with van der Waals surface area (Å²) in [4.78, 5) is 4.55. The van der Waals surface area contributed by atoms with Crippen LogP contribution < -0.4 is 5.32 Å². The highest BCUT2D eigenvalue weighted by Gasteiger charge is 2.25. The molecule has 0 aromatic heterocycles. The third-order valence-electron chi connectivity index (χ3n) is 6.17. The molecule has 0 heterocycles. The normalized spacial score (nSPS) is 18.7. The lowest BCUT2D eigenvalue weighted by molar-refractivity contribution is 0.0149. The molecule has 31 heavy (non-hydrogen) atoms. The summed E-state index contributed by atoms with van der Waals surface area (Å²) >= 11 is 9.19. The lowest BCUT2D eigenvalue weighted by Gasteiger charge is -2.36. The third kappa shape index (κ3) is 9.60. The average Bonchev–Trinajstić information content (AvgIpc) is 2.75. The fourth-order valence-corrected chi connectivity index (χ4v) is 4.87. The highest BCUT2D eigenvalue weighted by molar-refractivity contribution is 9.10. The Morgan fingerprint density at radius 2 is 1.90 bits per heavy atom. The molecule has 1 aliphatic carbocycles. The highest BCUT2D eigenvalue weighted by Crippen LogP contribution is 2.26. The van der Waals surface area contributed by atoms with Crippen molar-refractivity contribution in [2.24, 2.45) is 0 Å². The Balaban J connectivity index is 1.59. The maximum atomic E-state index is 6.17. The molecule has 0 amide bonds. The van der Waals surface area contributed by atoms with Crippen LogP contribution in [0.3, 0.4) is 0 Å². The predicted octanol–water partition coefficient (Wildman–Crippen LogP) is 6.39. The lowest BCUT2D eigenvalue weighted by Crippen LogP contribution is -2.42. The summed E-state index contributed by atoms with van der Waals surface area (Å²) in [6.45, 7) is 8.92. The molecular weight excluding hydrogens is 470 g/mol. The van der Waals surface area contributed by atoms with Gasteiger partial charge in [0.25, 0.3) is 0 Å². The largest absolute Gasteiger partial charge is 0.378 e. The van der Waals surface area contributed by atoms with Gasteiger partial charge in [-0.2, -0.15) is 0 Å². The van der Waals surface area contributed by atoms with Gasteiger partial charge in [0.1, 0.15) is 0 Å². The van der Waals surface area contributed by atoms with Crippen molar-refractivity contribution in [2.75, 3.05) is 39.1 Å². The number of benzene rings is 1. The minimum absolute atomic E-state index is 0.415. The number of hydrogen-bond acceptors (Lipinski definition) is 3. The van der Waals surface area contributed by atoms with E-state index < -0.39 is 0 Å². The molecule has 0 atom stereocenters. The Hall–Kier alpha value is -0.950. The zero-order valence-corrected chi connectivity index (χ0v) is 21.9. The number of unbranched alkanes of at least 4 members (excludes halogenated alkanes) is 3. The van der Waals surface area contributed by atoms with E-state index in [0.29, 0.717) is 12.1 Å². The van der Waals surface area contributed by atoms with E-state index in [-0.39, 0.29) is 0 Å². The summed E-state index contributed by atoms with van der Waals surface area (Å²) in [6, 6.07) is 6.71. The summed E-state index contributed by atoms with van der Waals surface area (Å²) in [5.41, 5.74) is 2.26. The van der Waals surface area contributed by atoms with Crippen molar-refractivity contribution < 1.29 is 4.74 Å². The number of rotatable bonds is 12. The zero-order valence-electron chi connectivity index (χ0n) is 19.5. The van der Waals surface area contributed by atoms with Crippen molar-refractivity contribution in [1.82, 2.24) is 9.80 Å². The van der Waals surface area contributed by atoms with Gasteiger partial charge in [0.05, 0.1) is 6.10 Å². The molecule has 1 aromatic rings. The van der Waals surface area contributed by atoms with Crippen molar-refractivity contribution >= 4 is 38.9 Å². The number of anilines is 1. The SMILES string of the molecule is C=CCN(C)CCCCCCOC1CCC(N(C)C(=S)Nc2ccc(Br)cc2C)CC1. The molecule has 0 spiro atoms. The fourth-order valence-electron chi connectivity index (χ4n) is 4.13. The summed E-state index contributed by atoms with van der Waals surface area (Å²) < 4.78 is 7.25. The first-order valence-electron chi connectivity index (χ1n) is 11.6. The molecule has 174 valence electrons. The minimum Gasteiger partial charge on any atom is -0.378 e. The molecule has 1 aliphatic rings. The topological polar surface area (TPSA) is 27.7 Å². The maximum Gasteiger partial charge on any atom is 0.173 e. The van der Waals surface area contributed by atoms with E-state index in [1.807, 2.05) is 12.1 Å². The molecule has 0 radical (unpaired) electrons. The standard InChI is InChI=1S/C25H40BrN3OS/c1-5-16-28(3)17-8-6-7-9-18-30-23-13-11-22(12-14-23)29(4)25(31)27-24-15-10-21(26)19-20(24)2/h5,10,15,19,22-23H,1,6-9,11-14,16-18H2,2-4H3,(H,27,31). The van der Waals surface area contributed by atoms with Crippen LogP contribution in [0.5, 0.6) is 0 Å². The maximum absolute atomic E-state index is 6.17. The van der Waals surface area contributed by atoms with Crippen LogP contribution in [0.2, 0.25) is 0 Å². The smallest absolute Gasteiger partial charge is 0.173 e. The van der Waals surface area contributed by atoms with E-state index in [4.69, 9.17) is 17.0 Å². The highest BCUT2D eigenvalue weighted by atomic mass is 79.9. The molecule has 1 fully saturated rings. The van der Waals surface area contributed by atoms with E-state index in [2.05, 4.69) is 70.8 Å². The van der Waals surface area contributed by atoms with Gasteiger partial charge in [0.2, 0.25) is 0 Å². The number of ether oxygens (including phenoxy) is 1. The molecular formula is C25H40BrN3OS. The van der Waals surface area contributed by atoms with Gasteiger partial charge in [0.15, 0.2) is 5.11 Å². The van der Waals surface area contributed by atoms with Gasteiger partial charge in [0, 0.05) is 36.4 Å². The van der Waals surface area contributed by atoms with Crippen molar-refractivity contribution in [3.63, 3.8) is 0 Å². The number of likely N-dealkylation sites (N-methyl/N-ethyl adjacent to an activating group) is 1. The molecule has 0 unspecified atom stereocenters. The predicted molar refractivity (Wildman–Crippen MR) is 141 cm³/mol. The minimum atomic E-state index is 0.415. The van der Waals surface area contributed by atoms with E-state index in [0.717, 1.165) is 60.7 Å². The van der Waals surface area contributed by atoms with Crippen LogP contribution in [-0.4, -0.2) is 60.8 Å². The van der Waals surface area contributed by atoms with Gasteiger partial charge < -0.3 is 19.9 Å². The summed E-state index contributed by atoms with van der Waals surface area (Å²) in [6.07, 6.45) is 11.9. The zero-order chi connectivity index (χ0) is 22.6. The molecule has 6 heteroatoms. The monoisotopic (exact) mass is 509 g/mol. The van der Waals surface area contributed by atoms with E-state index in [1.54, 1.807) is 0 Å². The molecule has 0 aliphatic heterocycles. The number of nitrogens with one attached hydrogen (secondary N) is 1. The fraction of sp³-hybridized carbons (Fsp3) is 0.640. The van der Waals surface area contributed by atoms with E-state index >= 15 is 0 Å². The van der Waals surface area contributed by atoms with Crippen molar-refractivity contribution in [3.05, 3.63) is 40.9 Å². The Labute approximate surface area is 203 Å². The first kappa shape index (κ1) is 26.3. The van der Waals surface area contributed by atoms with Crippen LogP contribution in [-0.2, 0) is 4.74 Å². The molecule has 1 N–H and O–H groups in total. The summed E-state index contributed by atoms with van der Waals surface area (Å²) in [7, 11) is 4.27. The van der Waals surface area contributed by atoms with Crippen molar-refractivity contribution in [2.45, 2.75) is 70.4 Å². The van der Waals surface area contributed by atoms with Crippen molar-refractivity contribution in [3.8, 4) is 0 Å². The van der Waals surface area contributed by atoms with Crippen LogP contribution in [0.1, 0.15) is 56.9 Å². The number of hydrogen-bond donors (Lipinski definition) is 1. The molecule has 4 nitrogen and oxygen atoms in total. The molecule has 2 rings (SSSR count). The quantitative estimate of drug-likeness (QED) is 0.200. The van der Waals surface area contributed by atoms with E-state index in [9.17, 15) is 0 Å². The van der Waals surface area contributed by atoms with Crippen LogP contribution in [0.15, 0.2) is 35.3 Å². The third-order valence-corrected chi connectivity index (χ3v) is 7.05. The Bertz CT molecular complexity index is 691. The summed E-state index contributed by atoms with van der Waals surface area (Å²) in [5, 5.41) is 4.22. The molecule has 0 bridgehead atoms. The molecule has 0 saturated heterocycles. The number of aryl methyl sites for hydroxylation is 1. The second-order valence-corrected chi connectivity index (χ2v) is 10.1. The first-order chi connectivity index (χ1) is 14.9. The Morgan fingerprint density at radius 3 is 2.58 bits per heavy atom. The van der Waals surface area contributed by atoms with Crippen LogP contribution in [0.4, 0.5) is 5.69 Å². The van der Waals surface area contributed by atoms with Gasteiger partial charge in [-0.15, -0.1) is 6.58 Å². The first-order valence-corrected chi connectivity index (χ1v) is 12.8. The van der Waals surface area contributed by atoms with Crippen LogP contribution >= 0.6 is 28.1 Å². The number of nitrogens with zero attached hydrogens (tertiary/aromatic N) is 2. The van der Waals surface area contributed by atoms with Gasteiger partial charge in [-0.05, 0) is 95.0 Å². The Morgan fingerprint density at radius 1 is 1.19 bits per heavy atom. The second kappa shape index (κ2) is 14.2. The molecule has 1 aromatic carbocycles. The van der Waals surface area contributed by atoms with Crippen molar-refractivity contribution in [1.29, 1.82) is 0 Å². The Kier molecular flexibility index (Phi) is 12.1. The number of thiocarbonyl (C=S) groups is 1. The van der Waals surface area contributed by atoms with Crippen LogP contribution in [0, 0.1) is 6.92 Å². The lowest BCUT2D eigenvalue weighted by atomic mass is 9.92.